The van der Waals surface area contributed by atoms with Crippen molar-refractivity contribution in [1.29, 1.82) is 0 Å². The fourth-order valence-corrected chi connectivity index (χ4v) is 4.20. The molecule has 0 aliphatic heterocycles. The van der Waals surface area contributed by atoms with Crippen molar-refractivity contribution in [2.24, 2.45) is 0 Å². The molecule has 1 aromatic carbocycles. The van der Waals surface area contributed by atoms with Crippen molar-refractivity contribution in [3.63, 3.8) is 0 Å². The molecular weight excluding hydrogens is 363 g/mol. The van der Waals surface area contributed by atoms with Crippen LogP contribution in [0.25, 0.3) is 5.69 Å². The van der Waals surface area contributed by atoms with E-state index in [1.807, 2.05) is 11.4 Å². The maximum Gasteiger partial charge on any atom is 0.434 e. The average molecular weight is 377 g/mol. The van der Waals surface area contributed by atoms with Gasteiger partial charge in [-0.15, -0.1) is 11.3 Å². The molecule has 1 unspecified atom stereocenters. The van der Waals surface area contributed by atoms with Crippen LogP contribution in [0.4, 0.5) is 13.2 Å². The van der Waals surface area contributed by atoms with Gasteiger partial charge in [0.25, 0.3) is 5.91 Å². The van der Waals surface area contributed by atoms with Gasteiger partial charge in [0.15, 0.2) is 5.69 Å². The van der Waals surface area contributed by atoms with E-state index in [4.69, 9.17) is 0 Å². The summed E-state index contributed by atoms with van der Waals surface area (Å²) in [5, 5.41) is 8.52. The molecule has 134 valence electrons. The summed E-state index contributed by atoms with van der Waals surface area (Å²) in [6, 6.07) is 9.76. The number of thiophene rings is 1. The maximum absolute atomic E-state index is 13.6. The summed E-state index contributed by atoms with van der Waals surface area (Å²) in [4.78, 5) is 13.7. The van der Waals surface area contributed by atoms with Crippen LogP contribution in [0.5, 0.6) is 0 Å². The van der Waals surface area contributed by atoms with Crippen LogP contribution in [0.15, 0.2) is 48.0 Å². The van der Waals surface area contributed by atoms with E-state index in [-0.39, 0.29) is 11.7 Å². The first-order valence-electron chi connectivity index (χ1n) is 8.00. The quantitative estimate of drug-likeness (QED) is 0.754. The smallest absolute Gasteiger partial charge is 0.348 e. The molecule has 4 nitrogen and oxygen atoms in total. The topological polar surface area (TPSA) is 46.9 Å². The van der Waals surface area contributed by atoms with Gasteiger partial charge in [0, 0.05) is 17.3 Å². The van der Waals surface area contributed by atoms with E-state index in [0.29, 0.717) is 12.8 Å². The first-order valence-corrected chi connectivity index (χ1v) is 8.88. The van der Waals surface area contributed by atoms with Crippen molar-refractivity contribution in [3.05, 3.63) is 69.7 Å². The lowest BCUT2D eigenvalue weighted by Crippen LogP contribution is -2.36. The van der Waals surface area contributed by atoms with Crippen molar-refractivity contribution >= 4 is 17.2 Å². The first-order chi connectivity index (χ1) is 12.4. The number of para-hydroxylation sites is 1. The number of amides is 1. The van der Waals surface area contributed by atoms with Crippen molar-refractivity contribution < 1.29 is 18.0 Å². The summed E-state index contributed by atoms with van der Waals surface area (Å²) in [7, 11) is 0. The molecule has 1 amide bonds. The van der Waals surface area contributed by atoms with Gasteiger partial charge in [0.1, 0.15) is 0 Å². The number of aromatic nitrogens is 2. The Balaban J connectivity index is 1.63. The van der Waals surface area contributed by atoms with Gasteiger partial charge >= 0.3 is 6.18 Å². The molecule has 0 saturated carbocycles. The lowest BCUT2D eigenvalue weighted by molar-refractivity contribution is -0.143. The average Bonchev–Trinajstić information content (AvgIpc) is 3.28. The molecule has 1 aliphatic rings. The number of rotatable bonds is 3. The Morgan fingerprint density at radius 2 is 1.96 bits per heavy atom. The lowest BCUT2D eigenvalue weighted by atomic mass is 10.1. The number of nitrogens with one attached hydrogen (secondary N) is 1. The minimum absolute atomic E-state index is 0.189. The molecule has 4 rings (SSSR count). The largest absolute Gasteiger partial charge is 0.434 e. The van der Waals surface area contributed by atoms with Gasteiger partial charge in [-0.25, -0.2) is 4.68 Å². The molecule has 1 atom stereocenters. The van der Waals surface area contributed by atoms with E-state index >= 15 is 0 Å². The Labute approximate surface area is 151 Å². The normalized spacial score (nSPS) is 16.5. The Hall–Kier alpha value is -2.61. The van der Waals surface area contributed by atoms with E-state index in [1.54, 1.807) is 29.5 Å². The van der Waals surface area contributed by atoms with Gasteiger partial charge in [-0.1, -0.05) is 18.2 Å². The molecule has 2 heterocycles. The molecule has 0 fully saturated rings. The number of carbonyl (C=O) groups excluding carboxylic acids is 1. The molecular formula is C18H14F3N3OS. The second kappa shape index (κ2) is 6.28. The van der Waals surface area contributed by atoms with Crippen LogP contribution in [0, 0.1) is 0 Å². The molecule has 3 aromatic rings. The van der Waals surface area contributed by atoms with E-state index in [1.165, 1.54) is 17.0 Å². The number of hydrogen-bond donors (Lipinski definition) is 1. The molecule has 0 radical (unpaired) electrons. The van der Waals surface area contributed by atoms with Crippen LogP contribution < -0.4 is 5.32 Å². The molecule has 0 bridgehead atoms. The first kappa shape index (κ1) is 16.8. The SMILES string of the molecule is O=C(NC1Cc2ccsc2C1)c1cnn(-c2ccccc2)c1C(F)(F)F. The Morgan fingerprint density at radius 3 is 2.65 bits per heavy atom. The maximum atomic E-state index is 13.6. The summed E-state index contributed by atoms with van der Waals surface area (Å²) in [5.41, 5.74) is -0.121. The third-order valence-electron chi connectivity index (χ3n) is 4.35. The van der Waals surface area contributed by atoms with E-state index in [9.17, 15) is 18.0 Å². The third kappa shape index (κ3) is 3.01. The highest BCUT2D eigenvalue weighted by Gasteiger charge is 2.41. The monoisotopic (exact) mass is 377 g/mol. The van der Waals surface area contributed by atoms with E-state index < -0.39 is 23.3 Å². The molecule has 8 heteroatoms. The predicted molar refractivity (Wildman–Crippen MR) is 91.5 cm³/mol. The van der Waals surface area contributed by atoms with Gasteiger partial charge in [-0.05, 0) is 35.6 Å². The minimum Gasteiger partial charge on any atom is -0.348 e. The Kier molecular flexibility index (Phi) is 4.07. The van der Waals surface area contributed by atoms with Gasteiger partial charge in [-0.2, -0.15) is 18.3 Å². The summed E-state index contributed by atoms with van der Waals surface area (Å²) < 4.78 is 41.6. The minimum atomic E-state index is -4.70. The summed E-state index contributed by atoms with van der Waals surface area (Å²) in [6.07, 6.45) is -2.44. The third-order valence-corrected chi connectivity index (χ3v) is 5.34. The lowest BCUT2D eigenvalue weighted by Gasteiger charge is -2.15. The van der Waals surface area contributed by atoms with E-state index in [0.717, 1.165) is 16.4 Å². The van der Waals surface area contributed by atoms with Gasteiger partial charge in [-0.3, -0.25) is 4.79 Å². The van der Waals surface area contributed by atoms with Crippen molar-refractivity contribution in [3.8, 4) is 5.69 Å². The predicted octanol–water partition coefficient (Wildman–Crippen LogP) is 3.85. The van der Waals surface area contributed by atoms with Gasteiger partial charge in [0.2, 0.25) is 0 Å². The molecule has 0 spiro atoms. The Morgan fingerprint density at radius 1 is 1.19 bits per heavy atom. The van der Waals surface area contributed by atoms with Crippen molar-refractivity contribution in [2.75, 3.05) is 0 Å². The molecule has 0 saturated heterocycles. The molecule has 1 aliphatic carbocycles. The highest BCUT2D eigenvalue weighted by molar-refractivity contribution is 7.10. The second-order valence-corrected chi connectivity index (χ2v) is 7.10. The highest BCUT2D eigenvalue weighted by atomic mass is 32.1. The van der Waals surface area contributed by atoms with Gasteiger partial charge < -0.3 is 5.32 Å². The Bertz CT molecular complexity index is 926. The highest BCUT2D eigenvalue weighted by Crippen LogP contribution is 2.34. The zero-order valence-corrected chi connectivity index (χ0v) is 14.3. The number of halogens is 3. The summed E-state index contributed by atoms with van der Waals surface area (Å²) >= 11 is 1.60. The van der Waals surface area contributed by atoms with Crippen LogP contribution in [0.1, 0.15) is 26.5 Å². The van der Waals surface area contributed by atoms with Crippen LogP contribution in [-0.2, 0) is 19.0 Å². The number of benzene rings is 1. The fraction of sp³-hybridized carbons (Fsp3) is 0.222. The number of hydrogen-bond acceptors (Lipinski definition) is 3. The number of fused-ring (bicyclic) bond motifs is 1. The number of carbonyl (C=O) groups is 1. The van der Waals surface area contributed by atoms with Crippen molar-refractivity contribution in [2.45, 2.75) is 25.1 Å². The van der Waals surface area contributed by atoms with Crippen LogP contribution in [-0.4, -0.2) is 21.7 Å². The zero-order chi connectivity index (χ0) is 18.3. The number of nitrogens with zero attached hydrogens (tertiary/aromatic N) is 2. The van der Waals surface area contributed by atoms with Crippen LogP contribution >= 0.6 is 11.3 Å². The van der Waals surface area contributed by atoms with Gasteiger partial charge in [0.05, 0.1) is 17.4 Å². The molecule has 2 aromatic heterocycles. The molecule has 26 heavy (non-hydrogen) atoms. The zero-order valence-electron chi connectivity index (χ0n) is 13.5. The summed E-state index contributed by atoms with van der Waals surface area (Å²) in [6.45, 7) is 0. The summed E-state index contributed by atoms with van der Waals surface area (Å²) in [5.74, 6) is -0.750. The number of alkyl halides is 3. The van der Waals surface area contributed by atoms with Crippen LogP contribution in [0.2, 0.25) is 0 Å². The van der Waals surface area contributed by atoms with Crippen molar-refractivity contribution in [1.82, 2.24) is 15.1 Å². The van der Waals surface area contributed by atoms with Crippen LogP contribution in [0.3, 0.4) is 0 Å². The standard InChI is InChI=1S/C18H14F3N3OS/c19-18(20,21)16-14(10-22-24(16)13-4-2-1-3-5-13)17(25)23-12-8-11-6-7-26-15(11)9-12/h1-7,10,12H,8-9H2,(H,23,25). The second-order valence-electron chi connectivity index (χ2n) is 6.10. The molecule has 1 N–H and O–H groups in total. The fourth-order valence-electron chi connectivity index (χ4n) is 3.21. The van der Waals surface area contributed by atoms with E-state index in [2.05, 4.69) is 10.4 Å².